The lowest BCUT2D eigenvalue weighted by Crippen LogP contribution is -2.14. The fraction of sp³-hybridized carbons (Fsp3) is 0.125. The summed E-state index contributed by atoms with van der Waals surface area (Å²) in [5.41, 5.74) is 10.4. The monoisotopic (exact) mass is 280 g/mol. The Labute approximate surface area is 122 Å². The van der Waals surface area contributed by atoms with Crippen molar-refractivity contribution in [3.63, 3.8) is 0 Å². The Morgan fingerprint density at radius 3 is 2.62 bits per heavy atom. The van der Waals surface area contributed by atoms with Crippen molar-refractivity contribution >= 4 is 28.2 Å². The van der Waals surface area contributed by atoms with E-state index in [9.17, 15) is 4.79 Å². The molecule has 0 saturated carbocycles. The fourth-order valence-corrected chi connectivity index (χ4v) is 2.39. The van der Waals surface area contributed by atoms with E-state index < -0.39 is 0 Å². The van der Waals surface area contributed by atoms with Crippen LogP contribution in [0.25, 0.3) is 10.9 Å². The zero-order valence-corrected chi connectivity index (χ0v) is 11.9. The number of aromatic amines is 1. The van der Waals surface area contributed by atoms with Crippen molar-refractivity contribution in [1.82, 2.24) is 10.2 Å². The van der Waals surface area contributed by atoms with Gasteiger partial charge in [-0.25, -0.2) is 0 Å². The molecule has 0 saturated heterocycles. The molecule has 0 aliphatic carbocycles. The Kier molecular flexibility index (Phi) is 3.10. The first-order valence-electron chi connectivity index (χ1n) is 6.67. The molecule has 2 aromatic carbocycles. The first kappa shape index (κ1) is 13.2. The average molecular weight is 280 g/mol. The van der Waals surface area contributed by atoms with Gasteiger partial charge in [0.2, 0.25) is 0 Å². The molecule has 0 spiro atoms. The Bertz CT molecular complexity index is 815. The minimum absolute atomic E-state index is 0.246. The third-order valence-corrected chi connectivity index (χ3v) is 3.52. The topological polar surface area (TPSA) is 83.8 Å². The summed E-state index contributed by atoms with van der Waals surface area (Å²) in [6.45, 7) is 3.92. The number of carbonyl (C=O) groups is 1. The minimum Gasteiger partial charge on any atom is -0.399 e. The van der Waals surface area contributed by atoms with E-state index in [0.29, 0.717) is 11.4 Å². The number of amides is 1. The molecule has 3 aromatic rings. The van der Waals surface area contributed by atoms with E-state index in [-0.39, 0.29) is 5.91 Å². The predicted molar refractivity (Wildman–Crippen MR) is 84.4 cm³/mol. The molecule has 0 aliphatic rings. The summed E-state index contributed by atoms with van der Waals surface area (Å²) in [6, 6.07) is 11.2. The van der Waals surface area contributed by atoms with Gasteiger partial charge in [0.15, 0.2) is 5.69 Å². The van der Waals surface area contributed by atoms with Crippen molar-refractivity contribution in [2.24, 2.45) is 0 Å². The first-order chi connectivity index (χ1) is 10.1. The summed E-state index contributed by atoms with van der Waals surface area (Å²) in [7, 11) is 0. The van der Waals surface area contributed by atoms with Gasteiger partial charge in [0.25, 0.3) is 5.91 Å². The van der Waals surface area contributed by atoms with E-state index in [1.165, 1.54) is 0 Å². The van der Waals surface area contributed by atoms with Crippen LogP contribution in [0.1, 0.15) is 21.6 Å². The van der Waals surface area contributed by atoms with Crippen LogP contribution in [0, 0.1) is 13.8 Å². The van der Waals surface area contributed by atoms with E-state index in [2.05, 4.69) is 15.5 Å². The highest BCUT2D eigenvalue weighted by atomic mass is 16.1. The number of aromatic nitrogens is 2. The lowest BCUT2D eigenvalue weighted by Gasteiger charge is -2.10. The molecule has 1 heterocycles. The number of nitrogens with zero attached hydrogens (tertiary/aromatic N) is 1. The number of nitrogens with two attached hydrogens (primary N) is 1. The lowest BCUT2D eigenvalue weighted by atomic mass is 10.1. The van der Waals surface area contributed by atoms with Crippen molar-refractivity contribution in [2.45, 2.75) is 13.8 Å². The van der Waals surface area contributed by atoms with E-state index in [4.69, 9.17) is 5.73 Å². The second kappa shape index (κ2) is 4.94. The average Bonchev–Trinajstić information content (AvgIpc) is 2.86. The molecule has 0 aliphatic heterocycles. The van der Waals surface area contributed by atoms with Crippen LogP contribution >= 0.6 is 0 Å². The quantitative estimate of drug-likeness (QED) is 0.631. The Hall–Kier alpha value is -2.82. The molecule has 0 unspecified atom stereocenters. The molecule has 0 atom stereocenters. The van der Waals surface area contributed by atoms with Crippen LogP contribution in [0.4, 0.5) is 11.4 Å². The number of nitrogens with one attached hydrogen (secondary N) is 2. The molecule has 4 N–H and O–H groups in total. The van der Waals surface area contributed by atoms with Crippen LogP contribution in [0.15, 0.2) is 36.4 Å². The number of aryl methyl sites for hydroxylation is 2. The summed E-state index contributed by atoms with van der Waals surface area (Å²) >= 11 is 0. The standard InChI is InChI=1S/C16H16N4O/c1-9-4-3-5-10(2)14(9)18-16(21)15-12-8-11(17)6-7-13(12)19-20-15/h3-8H,17H2,1-2H3,(H,18,21)(H,19,20). The first-order valence-corrected chi connectivity index (χ1v) is 6.67. The molecule has 5 heteroatoms. The molecule has 0 bridgehead atoms. The number of para-hydroxylation sites is 1. The summed E-state index contributed by atoms with van der Waals surface area (Å²) in [4.78, 5) is 12.5. The van der Waals surface area contributed by atoms with Gasteiger partial charge in [-0.1, -0.05) is 18.2 Å². The van der Waals surface area contributed by atoms with Crippen LogP contribution in [0.5, 0.6) is 0 Å². The van der Waals surface area contributed by atoms with Crippen LogP contribution < -0.4 is 11.1 Å². The van der Waals surface area contributed by atoms with Crippen molar-refractivity contribution < 1.29 is 4.79 Å². The number of carbonyl (C=O) groups excluding carboxylic acids is 1. The highest BCUT2D eigenvalue weighted by Gasteiger charge is 2.16. The highest BCUT2D eigenvalue weighted by molar-refractivity contribution is 6.11. The van der Waals surface area contributed by atoms with Crippen LogP contribution in [0.2, 0.25) is 0 Å². The van der Waals surface area contributed by atoms with Gasteiger partial charge in [0.1, 0.15) is 0 Å². The van der Waals surface area contributed by atoms with E-state index in [0.717, 1.165) is 27.7 Å². The summed E-state index contributed by atoms with van der Waals surface area (Å²) in [5.74, 6) is -0.246. The smallest absolute Gasteiger partial charge is 0.276 e. The maximum atomic E-state index is 12.5. The second-order valence-electron chi connectivity index (χ2n) is 5.10. The van der Waals surface area contributed by atoms with Gasteiger partial charge in [-0.3, -0.25) is 9.89 Å². The van der Waals surface area contributed by atoms with Gasteiger partial charge >= 0.3 is 0 Å². The second-order valence-corrected chi connectivity index (χ2v) is 5.10. The van der Waals surface area contributed by atoms with Gasteiger partial charge in [0, 0.05) is 16.8 Å². The van der Waals surface area contributed by atoms with Crippen molar-refractivity contribution in [3.05, 3.63) is 53.2 Å². The van der Waals surface area contributed by atoms with Crippen LogP contribution in [-0.4, -0.2) is 16.1 Å². The van der Waals surface area contributed by atoms with Crippen LogP contribution in [-0.2, 0) is 0 Å². The number of rotatable bonds is 2. The maximum absolute atomic E-state index is 12.5. The summed E-state index contributed by atoms with van der Waals surface area (Å²) in [6.07, 6.45) is 0. The number of hydrogen-bond acceptors (Lipinski definition) is 3. The van der Waals surface area contributed by atoms with Gasteiger partial charge in [0.05, 0.1) is 5.52 Å². The normalized spacial score (nSPS) is 10.8. The molecule has 21 heavy (non-hydrogen) atoms. The fourth-order valence-electron chi connectivity index (χ4n) is 2.39. The number of hydrogen-bond donors (Lipinski definition) is 3. The third-order valence-electron chi connectivity index (χ3n) is 3.52. The van der Waals surface area contributed by atoms with Gasteiger partial charge in [-0.15, -0.1) is 0 Å². The lowest BCUT2D eigenvalue weighted by molar-refractivity contribution is 0.102. The molecule has 0 radical (unpaired) electrons. The van der Waals surface area contributed by atoms with Gasteiger partial charge in [-0.05, 0) is 43.2 Å². The van der Waals surface area contributed by atoms with Crippen molar-refractivity contribution in [1.29, 1.82) is 0 Å². The number of fused-ring (bicyclic) bond motifs is 1. The molecule has 106 valence electrons. The van der Waals surface area contributed by atoms with E-state index in [1.807, 2.05) is 38.1 Å². The minimum atomic E-state index is -0.246. The molecule has 3 rings (SSSR count). The summed E-state index contributed by atoms with van der Waals surface area (Å²) in [5, 5.41) is 10.6. The number of anilines is 2. The summed E-state index contributed by atoms with van der Waals surface area (Å²) < 4.78 is 0. The molecule has 5 nitrogen and oxygen atoms in total. The Morgan fingerprint density at radius 2 is 1.90 bits per heavy atom. The zero-order valence-electron chi connectivity index (χ0n) is 11.9. The third kappa shape index (κ3) is 2.33. The molecular weight excluding hydrogens is 264 g/mol. The Balaban J connectivity index is 2.00. The molecule has 1 aromatic heterocycles. The molecule has 1 amide bonds. The number of benzene rings is 2. The van der Waals surface area contributed by atoms with Crippen LogP contribution in [0.3, 0.4) is 0 Å². The SMILES string of the molecule is Cc1cccc(C)c1NC(=O)c1n[nH]c2ccc(N)cc12. The van der Waals surface area contributed by atoms with Crippen molar-refractivity contribution in [3.8, 4) is 0 Å². The molecule has 0 fully saturated rings. The molecular formula is C16H16N4O. The maximum Gasteiger partial charge on any atom is 0.276 e. The largest absolute Gasteiger partial charge is 0.399 e. The van der Waals surface area contributed by atoms with E-state index in [1.54, 1.807) is 12.1 Å². The highest BCUT2D eigenvalue weighted by Crippen LogP contribution is 2.23. The zero-order chi connectivity index (χ0) is 15.0. The van der Waals surface area contributed by atoms with Gasteiger partial charge in [-0.2, -0.15) is 5.10 Å². The Morgan fingerprint density at radius 1 is 1.19 bits per heavy atom. The van der Waals surface area contributed by atoms with E-state index >= 15 is 0 Å². The predicted octanol–water partition coefficient (Wildman–Crippen LogP) is 3.01. The number of H-pyrrole nitrogens is 1. The van der Waals surface area contributed by atoms with Crippen molar-refractivity contribution in [2.75, 3.05) is 11.1 Å². The van der Waals surface area contributed by atoms with Gasteiger partial charge < -0.3 is 11.1 Å². The number of nitrogen functional groups attached to an aromatic ring is 1.